The standard InChI is InChI=1S/C7H13NO4S/c1-4-6(9)8-7(5(2)3)13(10,11)12/h4-5,7H,1H2,2-3H3,(H,8,9)(H,10,11,12). The number of hydrogen-bond donors (Lipinski definition) is 2. The second-order valence-corrected chi connectivity index (χ2v) is 4.43. The summed E-state index contributed by atoms with van der Waals surface area (Å²) in [6, 6.07) is 0. The van der Waals surface area contributed by atoms with E-state index < -0.39 is 27.3 Å². The smallest absolute Gasteiger partial charge is 0.286 e. The predicted octanol–water partition coefficient (Wildman–Crippen LogP) is 0.159. The lowest BCUT2D eigenvalue weighted by Crippen LogP contribution is -2.43. The molecule has 0 saturated carbocycles. The molecular formula is C7H13NO4S. The zero-order valence-corrected chi connectivity index (χ0v) is 8.34. The van der Waals surface area contributed by atoms with Gasteiger partial charge in [0.05, 0.1) is 0 Å². The fraction of sp³-hybridized carbons (Fsp3) is 0.571. The van der Waals surface area contributed by atoms with E-state index in [1.54, 1.807) is 13.8 Å². The van der Waals surface area contributed by atoms with Crippen molar-refractivity contribution in [3.63, 3.8) is 0 Å². The number of amides is 1. The van der Waals surface area contributed by atoms with E-state index in [1.807, 2.05) is 0 Å². The van der Waals surface area contributed by atoms with E-state index in [0.29, 0.717) is 0 Å². The quantitative estimate of drug-likeness (QED) is 0.508. The highest BCUT2D eigenvalue weighted by Gasteiger charge is 2.27. The zero-order chi connectivity index (χ0) is 10.6. The molecule has 0 fully saturated rings. The Morgan fingerprint density at radius 2 is 2.00 bits per heavy atom. The average molecular weight is 207 g/mol. The molecule has 0 aliphatic rings. The molecule has 1 atom stereocenters. The maximum Gasteiger partial charge on any atom is 0.286 e. The monoisotopic (exact) mass is 207 g/mol. The van der Waals surface area contributed by atoms with Crippen LogP contribution in [0.3, 0.4) is 0 Å². The SMILES string of the molecule is C=CC(=O)NC(C(C)C)S(=O)(=O)O. The van der Waals surface area contributed by atoms with Gasteiger partial charge in [0.2, 0.25) is 5.91 Å². The first kappa shape index (κ1) is 12.1. The molecule has 1 amide bonds. The molecule has 0 aliphatic heterocycles. The Kier molecular flexibility index (Phi) is 4.09. The topological polar surface area (TPSA) is 83.5 Å². The van der Waals surface area contributed by atoms with E-state index in [4.69, 9.17) is 4.55 Å². The van der Waals surface area contributed by atoms with Gasteiger partial charge in [0, 0.05) is 0 Å². The minimum atomic E-state index is -4.25. The van der Waals surface area contributed by atoms with E-state index in [0.717, 1.165) is 6.08 Å². The molecule has 13 heavy (non-hydrogen) atoms. The van der Waals surface area contributed by atoms with Crippen LogP contribution in [0.4, 0.5) is 0 Å². The third-order valence-electron chi connectivity index (χ3n) is 1.40. The Morgan fingerprint density at radius 3 is 2.23 bits per heavy atom. The molecule has 0 saturated heterocycles. The van der Waals surface area contributed by atoms with Crippen LogP contribution in [0.25, 0.3) is 0 Å². The van der Waals surface area contributed by atoms with Crippen LogP contribution >= 0.6 is 0 Å². The van der Waals surface area contributed by atoms with Crippen molar-refractivity contribution in [1.82, 2.24) is 5.32 Å². The Balaban J connectivity index is 4.65. The fourth-order valence-electron chi connectivity index (χ4n) is 0.784. The summed E-state index contributed by atoms with van der Waals surface area (Å²) in [5, 5.41) is 0.831. The van der Waals surface area contributed by atoms with Gasteiger partial charge in [0.25, 0.3) is 10.1 Å². The molecule has 76 valence electrons. The number of carbonyl (C=O) groups excluding carboxylic acids is 1. The van der Waals surface area contributed by atoms with Crippen molar-refractivity contribution in [2.24, 2.45) is 5.92 Å². The van der Waals surface area contributed by atoms with Crippen LogP contribution in [0.15, 0.2) is 12.7 Å². The van der Waals surface area contributed by atoms with Crippen LogP contribution in [0.2, 0.25) is 0 Å². The van der Waals surface area contributed by atoms with Crippen LogP contribution in [-0.2, 0) is 14.9 Å². The van der Waals surface area contributed by atoms with E-state index in [9.17, 15) is 13.2 Å². The van der Waals surface area contributed by atoms with Gasteiger partial charge in [-0.15, -0.1) is 0 Å². The summed E-state index contributed by atoms with van der Waals surface area (Å²) in [5.74, 6) is -1.03. The maximum atomic E-state index is 10.8. The van der Waals surface area contributed by atoms with Crippen LogP contribution < -0.4 is 5.32 Å². The van der Waals surface area contributed by atoms with Gasteiger partial charge >= 0.3 is 0 Å². The Morgan fingerprint density at radius 1 is 1.54 bits per heavy atom. The van der Waals surface area contributed by atoms with Crippen LogP contribution in [0.5, 0.6) is 0 Å². The molecule has 0 aliphatic carbocycles. The van der Waals surface area contributed by atoms with Gasteiger partial charge in [-0.05, 0) is 12.0 Å². The highest BCUT2D eigenvalue weighted by Crippen LogP contribution is 2.07. The van der Waals surface area contributed by atoms with Crippen molar-refractivity contribution in [3.8, 4) is 0 Å². The van der Waals surface area contributed by atoms with E-state index in [2.05, 4.69) is 11.9 Å². The lowest BCUT2D eigenvalue weighted by atomic mass is 10.2. The van der Waals surface area contributed by atoms with Gasteiger partial charge in [-0.3, -0.25) is 9.35 Å². The largest absolute Gasteiger partial charge is 0.334 e. The van der Waals surface area contributed by atoms with Gasteiger partial charge in [-0.25, -0.2) is 0 Å². The Hall–Kier alpha value is -0.880. The third kappa shape index (κ3) is 4.05. The summed E-state index contributed by atoms with van der Waals surface area (Å²) in [5.41, 5.74) is 0. The summed E-state index contributed by atoms with van der Waals surface area (Å²) < 4.78 is 30.2. The predicted molar refractivity (Wildman–Crippen MR) is 48.5 cm³/mol. The second-order valence-electron chi connectivity index (χ2n) is 2.89. The number of carbonyl (C=O) groups is 1. The first-order valence-electron chi connectivity index (χ1n) is 3.68. The van der Waals surface area contributed by atoms with Crippen LogP contribution in [0.1, 0.15) is 13.8 Å². The number of rotatable bonds is 4. The molecule has 0 radical (unpaired) electrons. The summed E-state index contributed by atoms with van der Waals surface area (Å²) >= 11 is 0. The molecule has 5 nitrogen and oxygen atoms in total. The molecule has 0 aromatic rings. The van der Waals surface area contributed by atoms with E-state index >= 15 is 0 Å². The molecule has 6 heteroatoms. The van der Waals surface area contributed by atoms with Crippen molar-refractivity contribution >= 4 is 16.0 Å². The van der Waals surface area contributed by atoms with Gasteiger partial charge in [0.1, 0.15) is 0 Å². The first-order valence-corrected chi connectivity index (χ1v) is 5.18. The number of nitrogens with one attached hydrogen (secondary N) is 1. The van der Waals surface area contributed by atoms with Gasteiger partial charge in [0.15, 0.2) is 5.37 Å². The first-order chi connectivity index (χ1) is 5.79. The Bertz CT molecular complexity index is 294. The molecule has 1 unspecified atom stereocenters. The van der Waals surface area contributed by atoms with Gasteiger partial charge in [-0.2, -0.15) is 8.42 Å². The fourth-order valence-corrected chi connectivity index (χ4v) is 1.74. The third-order valence-corrected chi connectivity index (χ3v) is 2.70. The van der Waals surface area contributed by atoms with Crippen molar-refractivity contribution in [2.75, 3.05) is 0 Å². The summed E-state index contributed by atoms with van der Waals surface area (Å²) in [6.45, 7) is 6.31. The maximum absolute atomic E-state index is 10.8. The lowest BCUT2D eigenvalue weighted by Gasteiger charge is -2.17. The second kappa shape index (κ2) is 4.38. The molecule has 0 heterocycles. The summed E-state index contributed by atoms with van der Waals surface area (Å²) in [7, 11) is -4.25. The van der Waals surface area contributed by atoms with E-state index in [-0.39, 0.29) is 0 Å². The highest BCUT2D eigenvalue weighted by atomic mass is 32.2. The van der Waals surface area contributed by atoms with Gasteiger partial charge in [-0.1, -0.05) is 20.4 Å². The lowest BCUT2D eigenvalue weighted by molar-refractivity contribution is -0.116. The highest BCUT2D eigenvalue weighted by molar-refractivity contribution is 7.86. The van der Waals surface area contributed by atoms with Crippen molar-refractivity contribution < 1.29 is 17.8 Å². The molecule has 0 aromatic carbocycles. The molecule has 0 bridgehead atoms. The van der Waals surface area contributed by atoms with Crippen molar-refractivity contribution in [1.29, 1.82) is 0 Å². The van der Waals surface area contributed by atoms with Crippen LogP contribution in [0, 0.1) is 5.92 Å². The molecule has 0 rings (SSSR count). The molecular weight excluding hydrogens is 194 g/mol. The molecule has 2 N–H and O–H groups in total. The zero-order valence-electron chi connectivity index (χ0n) is 7.52. The van der Waals surface area contributed by atoms with Crippen molar-refractivity contribution in [2.45, 2.75) is 19.2 Å². The minimum Gasteiger partial charge on any atom is -0.334 e. The van der Waals surface area contributed by atoms with E-state index in [1.165, 1.54) is 0 Å². The molecule has 0 spiro atoms. The number of hydrogen-bond acceptors (Lipinski definition) is 3. The summed E-state index contributed by atoms with van der Waals surface area (Å²) in [6.07, 6.45) is 0.945. The normalized spacial score (nSPS) is 13.8. The Labute approximate surface area is 77.6 Å². The summed E-state index contributed by atoms with van der Waals surface area (Å²) in [4.78, 5) is 10.8. The average Bonchev–Trinajstić information content (AvgIpc) is 1.96. The molecule has 0 aromatic heterocycles. The van der Waals surface area contributed by atoms with Crippen LogP contribution in [-0.4, -0.2) is 24.3 Å². The minimum absolute atomic E-state index is 0.404. The van der Waals surface area contributed by atoms with Gasteiger partial charge < -0.3 is 5.32 Å². The van der Waals surface area contributed by atoms with Crippen molar-refractivity contribution in [3.05, 3.63) is 12.7 Å².